The zero-order valence-electron chi connectivity index (χ0n) is 52.4. The molecule has 0 atom stereocenters. The van der Waals surface area contributed by atoms with Gasteiger partial charge in [0.25, 0.3) is 0 Å². The second kappa shape index (κ2) is 21.7. The summed E-state index contributed by atoms with van der Waals surface area (Å²) in [5.41, 5.74) is 31.2. The molecule has 12 aromatic rings. The number of nitrogens with zero attached hydrogens (tertiary/aromatic N) is 6. The molecule has 0 aromatic heterocycles. The van der Waals surface area contributed by atoms with Gasteiger partial charge in [0.2, 0.25) is 0 Å². The van der Waals surface area contributed by atoms with Gasteiger partial charge in [-0.05, 0) is 0 Å². The van der Waals surface area contributed by atoms with E-state index in [2.05, 4.69) is 352 Å². The van der Waals surface area contributed by atoms with E-state index in [1.807, 2.05) is 0 Å². The first-order valence-corrected chi connectivity index (χ1v) is 36.4. The molecule has 3 aliphatic heterocycles. The third-order valence-electron chi connectivity index (χ3n) is 18.6. The van der Waals surface area contributed by atoms with Gasteiger partial charge in [0.1, 0.15) is 0 Å². The quantitative estimate of drug-likeness (QED) is 0.113. The second-order valence-electron chi connectivity index (χ2n) is 25.2. The van der Waals surface area contributed by atoms with Crippen LogP contribution >= 0.6 is 0 Å². The van der Waals surface area contributed by atoms with Crippen molar-refractivity contribution in [2.45, 2.75) is 68.1 Å². The molecule has 0 fully saturated rings. The molecule has 15 rings (SSSR count). The van der Waals surface area contributed by atoms with Gasteiger partial charge in [-0.25, -0.2) is 0 Å². The molecule has 0 spiro atoms. The molecule has 0 bridgehead atoms. The average Bonchev–Trinajstić information content (AvgIpc) is 0.659. The van der Waals surface area contributed by atoms with E-state index in [-0.39, 0.29) is 0 Å². The Morgan fingerprint density at radius 1 is 0.202 bits per heavy atom. The Morgan fingerprint density at radius 3 is 0.506 bits per heavy atom. The number of hydrogen-bond acceptors (Lipinski definition) is 6. The van der Waals surface area contributed by atoms with Gasteiger partial charge >= 0.3 is 531 Å². The molecule has 0 saturated heterocycles. The van der Waals surface area contributed by atoms with Crippen molar-refractivity contribution in [3.8, 4) is 0 Å². The number of rotatable bonds is 12. The summed E-state index contributed by atoms with van der Waals surface area (Å²) in [4.78, 5) is 15.4. The Hall–Kier alpha value is -10.0. The molecule has 0 radical (unpaired) electrons. The molecule has 0 saturated carbocycles. The average molecular weight is 1210 g/mol. The summed E-state index contributed by atoms with van der Waals surface area (Å²) < 4.78 is 4.28. The predicted octanol–water partition coefficient (Wildman–Crippen LogP) is 21.3. The summed E-state index contributed by atoms with van der Waals surface area (Å²) in [7, 11) is 0. The summed E-state index contributed by atoms with van der Waals surface area (Å²) in [6.07, 6.45) is 0. The molecule has 0 aliphatic carbocycles. The van der Waals surface area contributed by atoms with E-state index in [0.717, 1.165) is 68.2 Å². The fraction of sp³-hybridized carbons (Fsp3) is 0.122. The maximum absolute atomic E-state index is 4.11. The van der Waals surface area contributed by atoms with Crippen LogP contribution < -0.4 is 42.6 Å². The van der Waals surface area contributed by atoms with Gasteiger partial charge in [0.05, 0.1) is 0 Å². The van der Waals surface area contributed by atoms with Gasteiger partial charge in [0, 0.05) is 0 Å². The van der Waals surface area contributed by atoms with Crippen molar-refractivity contribution in [3.63, 3.8) is 0 Å². The third-order valence-corrected chi connectivity index (χ3v) is 28.1. The van der Waals surface area contributed by atoms with Crippen LogP contribution in [0.25, 0.3) is 0 Å². The molecule has 6 nitrogen and oxygen atoms in total. The van der Waals surface area contributed by atoms with Crippen LogP contribution in [-0.4, -0.2) is 13.3 Å². The van der Waals surface area contributed by atoms with Crippen LogP contribution in [0.2, 0.25) is 5.76 Å². The summed E-state index contributed by atoms with van der Waals surface area (Å²) in [6, 6.07) is 97.4. The van der Waals surface area contributed by atoms with Gasteiger partial charge in [-0.2, -0.15) is 0 Å². The van der Waals surface area contributed by atoms with Crippen molar-refractivity contribution in [2.24, 2.45) is 0 Å². The molecular formula is C82H72GeN6. The van der Waals surface area contributed by atoms with Crippen LogP contribution in [0.1, 0.15) is 50.1 Å². The van der Waals surface area contributed by atoms with Crippen LogP contribution in [0.5, 0.6) is 0 Å². The number of aryl methyl sites for hydroxylation is 9. The van der Waals surface area contributed by atoms with Gasteiger partial charge in [-0.3, -0.25) is 0 Å². The Balaban J connectivity index is 1.14. The first-order chi connectivity index (χ1) is 43.2. The molecular weight excluding hydrogens is 1140 g/mol. The van der Waals surface area contributed by atoms with Crippen LogP contribution in [0.3, 0.4) is 0 Å². The van der Waals surface area contributed by atoms with Crippen molar-refractivity contribution < 1.29 is 0 Å². The third kappa shape index (κ3) is 9.48. The van der Waals surface area contributed by atoms with Crippen LogP contribution in [-0.2, 0) is 0 Å². The van der Waals surface area contributed by atoms with Crippen molar-refractivity contribution in [2.75, 3.05) is 29.4 Å². The van der Waals surface area contributed by atoms with Crippen molar-refractivity contribution >= 4 is 129 Å². The number of hydrogen-bond donors (Lipinski definition) is 0. The van der Waals surface area contributed by atoms with E-state index < -0.39 is 13.3 Å². The maximum atomic E-state index is 2.73. The summed E-state index contributed by atoms with van der Waals surface area (Å²) >= 11 is -4.11. The van der Waals surface area contributed by atoms with E-state index in [1.165, 1.54) is 97.4 Å². The van der Waals surface area contributed by atoms with E-state index in [1.54, 1.807) is 0 Å². The summed E-state index contributed by atoms with van der Waals surface area (Å²) in [5, 5.41) is 0. The van der Waals surface area contributed by atoms with Gasteiger partial charge in [-0.15, -0.1) is 0 Å². The standard InChI is InChI=1S/C82H72GeN6/c1-53-11-29-62(30-12-53)84(63-31-13-54(2)14-32-63)71-47-74-80-75(48-71)88(69-43-25-60(8)26-44-69)77-50-73(86(66-37-19-57(5)20-38-66)67-39-21-58(6)22-40-67)52-79-82(77)83(80,10)81-76(87(74)68-41-23-59(7)24-42-68)49-72(51-78(81)89(79)70-45-27-61(9)28-46-70)85(64-33-15-55(3)16-34-64)65-35-17-56(4)18-36-65/h11-52H,1-10H3. The monoisotopic (exact) mass is 1210 g/mol. The summed E-state index contributed by atoms with van der Waals surface area (Å²) in [5.74, 6) is 2.73. The first-order valence-electron chi connectivity index (χ1n) is 31.1. The minimum absolute atomic E-state index is 1.07. The van der Waals surface area contributed by atoms with Crippen LogP contribution in [0.15, 0.2) is 255 Å². The molecule has 0 amide bonds. The zero-order chi connectivity index (χ0) is 61.0. The molecule has 3 heterocycles. The number of benzene rings is 12. The molecule has 7 heteroatoms. The van der Waals surface area contributed by atoms with Crippen LogP contribution in [0, 0.1) is 62.3 Å². The molecule has 89 heavy (non-hydrogen) atoms. The second-order valence-corrected chi connectivity index (χ2v) is 33.1. The number of anilines is 18. The Kier molecular flexibility index (Phi) is 13.5. The molecule has 12 aromatic carbocycles. The fourth-order valence-corrected chi connectivity index (χ4v) is 24.3. The van der Waals surface area contributed by atoms with E-state index in [4.69, 9.17) is 0 Å². The fourth-order valence-electron chi connectivity index (χ4n) is 14.0. The van der Waals surface area contributed by atoms with E-state index in [9.17, 15) is 0 Å². The zero-order valence-corrected chi connectivity index (χ0v) is 54.5. The van der Waals surface area contributed by atoms with Gasteiger partial charge < -0.3 is 0 Å². The summed E-state index contributed by atoms with van der Waals surface area (Å²) in [6.45, 7) is 19.7. The van der Waals surface area contributed by atoms with E-state index >= 15 is 0 Å². The van der Waals surface area contributed by atoms with E-state index in [0.29, 0.717) is 0 Å². The topological polar surface area (TPSA) is 19.4 Å². The Labute approximate surface area is 527 Å². The molecule has 3 aliphatic rings. The Morgan fingerprint density at radius 2 is 0.348 bits per heavy atom. The molecule has 0 unspecified atom stereocenters. The normalized spacial score (nSPS) is 13.1. The van der Waals surface area contributed by atoms with Gasteiger partial charge in [0.15, 0.2) is 0 Å². The molecule has 0 N–H and O–H groups in total. The van der Waals surface area contributed by atoms with Gasteiger partial charge in [-0.1, -0.05) is 0 Å². The SMILES string of the molecule is Cc1ccc(N(c2ccc(C)cc2)c2cc3[c]4c(c2)N(c2ccc(C)cc2)c2cc(N(c5ccc(C)cc5)c5ccc(C)cc5)cc5[c]2[Ge]4([CH3])[c]2c(cc(N(c4ccc(C)cc4)c4ccc(C)cc4)cc2N5c2ccc(C)cc2)N3c2ccc(C)cc2)cc1. The Bertz CT molecular complexity index is 3980. The first kappa shape index (κ1) is 55.6. The van der Waals surface area contributed by atoms with Crippen molar-refractivity contribution in [1.82, 2.24) is 0 Å². The van der Waals surface area contributed by atoms with Crippen molar-refractivity contribution in [3.05, 3.63) is 305 Å². The van der Waals surface area contributed by atoms with Crippen molar-refractivity contribution in [1.29, 1.82) is 0 Å². The van der Waals surface area contributed by atoms with Crippen LogP contribution in [0.4, 0.5) is 102 Å². The molecule has 434 valence electrons. The minimum atomic E-state index is -4.11. The predicted molar refractivity (Wildman–Crippen MR) is 381 cm³/mol.